The van der Waals surface area contributed by atoms with Gasteiger partial charge in [-0.3, -0.25) is 4.79 Å². The first-order valence-corrected chi connectivity index (χ1v) is 6.95. The third-order valence-corrected chi connectivity index (χ3v) is 3.42. The number of hydrogen-bond acceptors (Lipinski definition) is 5. The van der Waals surface area contributed by atoms with E-state index in [1.54, 1.807) is 0 Å². The van der Waals surface area contributed by atoms with Gasteiger partial charge in [0.15, 0.2) is 0 Å². The summed E-state index contributed by atoms with van der Waals surface area (Å²) in [5, 5.41) is 5.87. The molecule has 7 heteroatoms. The van der Waals surface area contributed by atoms with E-state index in [1.807, 2.05) is 30.3 Å². The molecule has 1 saturated heterocycles. The highest BCUT2D eigenvalue weighted by Crippen LogP contribution is 2.12. The molecular formula is C15H21ClN2O4. The van der Waals surface area contributed by atoms with Crippen LogP contribution < -0.4 is 10.6 Å². The van der Waals surface area contributed by atoms with E-state index >= 15 is 0 Å². The van der Waals surface area contributed by atoms with Crippen LogP contribution in [0.3, 0.4) is 0 Å². The van der Waals surface area contributed by atoms with E-state index in [0.29, 0.717) is 19.5 Å². The predicted molar refractivity (Wildman–Crippen MR) is 83.8 cm³/mol. The standard InChI is InChI=1S/C15H20N2O4.ClH/c1-20-14(18)12-7-13(9-16-8-12)17-15(19)21-10-11-5-3-2-4-6-11;/h2-6,12-13,16H,7-10H2,1H3,(H,17,19);1H/t12-,13-;/m0./s1. The number of amides is 1. The summed E-state index contributed by atoms with van der Waals surface area (Å²) < 4.78 is 9.88. The second kappa shape index (κ2) is 9.27. The number of methoxy groups -OCH3 is 1. The fourth-order valence-corrected chi connectivity index (χ4v) is 2.33. The normalized spacial score (nSPS) is 20.4. The molecule has 1 aromatic carbocycles. The van der Waals surface area contributed by atoms with Crippen molar-refractivity contribution < 1.29 is 19.1 Å². The average Bonchev–Trinajstić information content (AvgIpc) is 2.53. The molecular weight excluding hydrogens is 308 g/mol. The van der Waals surface area contributed by atoms with E-state index in [1.165, 1.54) is 7.11 Å². The lowest BCUT2D eigenvalue weighted by Gasteiger charge is -2.28. The quantitative estimate of drug-likeness (QED) is 0.819. The Balaban J connectivity index is 0.00000242. The summed E-state index contributed by atoms with van der Waals surface area (Å²) in [6.45, 7) is 1.42. The van der Waals surface area contributed by atoms with Gasteiger partial charge in [-0.2, -0.15) is 0 Å². The maximum atomic E-state index is 11.8. The first kappa shape index (κ1) is 18.3. The fourth-order valence-electron chi connectivity index (χ4n) is 2.33. The van der Waals surface area contributed by atoms with Crippen molar-refractivity contribution in [2.24, 2.45) is 5.92 Å². The van der Waals surface area contributed by atoms with Gasteiger partial charge in [0.25, 0.3) is 0 Å². The number of carbonyl (C=O) groups is 2. The number of benzene rings is 1. The summed E-state index contributed by atoms with van der Waals surface area (Å²) in [6, 6.07) is 9.34. The van der Waals surface area contributed by atoms with Gasteiger partial charge in [0.1, 0.15) is 6.61 Å². The van der Waals surface area contributed by atoms with E-state index in [0.717, 1.165) is 5.56 Å². The molecule has 0 aromatic heterocycles. The summed E-state index contributed by atoms with van der Waals surface area (Å²) >= 11 is 0. The molecule has 1 heterocycles. The van der Waals surface area contributed by atoms with Crippen LogP contribution in [0.1, 0.15) is 12.0 Å². The Hall–Kier alpha value is -1.79. The summed E-state index contributed by atoms with van der Waals surface area (Å²) in [5.74, 6) is -0.491. The van der Waals surface area contributed by atoms with E-state index in [-0.39, 0.29) is 36.9 Å². The number of nitrogens with one attached hydrogen (secondary N) is 2. The fraction of sp³-hybridized carbons (Fsp3) is 0.467. The van der Waals surface area contributed by atoms with E-state index in [9.17, 15) is 9.59 Å². The van der Waals surface area contributed by atoms with Crippen LogP contribution in [0.15, 0.2) is 30.3 Å². The molecule has 22 heavy (non-hydrogen) atoms. The molecule has 0 radical (unpaired) electrons. The van der Waals surface area contributed by atoms with Crippen molar-refractivity contribution in [3.8, 4) is 0 Å². The minimum Gasteiger partial charge on any atom is -0.469 e. The van der Waals surface area contributed by atoms with Gasteiger partial charge in [-0.15, -0.1) is 12.4 Å². The minimum absolute atomic E-state index is 0. The van der Waals surface area contributed by atoms with Crippen molar-refractivity contribution in [3.05, 3.63) is 35.9 Å². The van der Waals surface area contributed by atoms with Gasteiger partial charge in [0, 0.05) is 19.1 Å². The molecule has 2 rings (SSSR count). The Morgan fingerprint density at radius 3 is 2.68 bits per heavy atom. The summed E-state index contributed by atoms with van der Waals surface area (Å²) in [7, 11) is 1.37. The molecule has 2 atom stereocenters. The second-order valence-electron chi connectivity index (χ2n) is 5.02. The zero-order valence-corrected chi connectivity index (χ0v) is 13.2. The summed E-state index contributed by atoms with van der Waals surface area (Å²) in [4.78, 5) is 23.3. The Kier molecular flexibility index (Phi) is 7.70. The van der Waals surface area contributed by atoms with Crippen LogP contribution in [0.25, 0.3) is 0 Å². The number of alkyl carbamates (subject to hydrolysis) is 1. The molecule has 2 N–H and O–H groups in total. The van der Waals surface area contributed by atoms with Crippen molar-refractivity contribution in [2.75, 3.05) is 20.2 Å². The number of hydrogen-bond donors (Lipinski definition) is 2. The maximum Gasteiger partial charge on any atom is 0.407 e. The van der Waals surface area contributed by atoms with Gasteiger partial charge in [0.2, 0.25) is 0 Å². The van der Waals surface area contributed by atoms with Gasteiger partial charge in [-0.1, -0.05) is 30.3 Å². The molecule has 0 spiro atoms. The topological polar surface area (TPSA) is 76.7 Å². The predicted octanol–water partition coefficient (Wildman–Crippen LogP) is 1.49. The van der Waals surface area contributed by atoms with Crippen LogP contribution in [0.2, 0.25) is 0 Å². The van der Waals surface area contributed by atoms with Crippen molar-refractivity contribution in [1.82, 2.24) is 10.6 Å². The Labute approximate surface area is 136 Å². The number of carbonyl (C=O) groups excluding carboxylic acids is 2. The number of piperidine rings is 1. The van der Waals surface area contributed by atoms with E-state index < -0.39 is 6.09 Å². The molecule has 122 valence electrons. The maximum absolute atomic E-state index is 11.8. The molecule has 0 unspecified atom stereocenters. The average molecular weight is 329 g/mol. The largest absolute Gasteiger partial charge is 0.469 e. The van der Waals surface area contributed by atoms with Gasteiger partial charge in [-0.05, 0) is 12.0 Å². The monoisotopic (exact) mass is 328 g/mol. The van der Waals surface area contributed by atoms with Crippen LogP contribution in [0, 0.1) is 5.92 Å². The minimum atomic E-state index is -0.476. The highest BCUT2D eigenvalue weighted by atomic mass is 35.5. The third-order valence-electron chi connectivity index (χ3n) is 3.42. The van der Waals surface area contributed by atoms with Crippen LogP contribution in [-0.2, 0) is 20.9 Å². The van der Waals surface area contributed by atoms with Gasteiger partial charge in [-0.25, -0.2) is 4.79 Å². The van der Waals surface area contributed by atoms with Gasteiger partial charge < -0.3 is 20.1 Å². The third kappa shape index (κ3) is 5.54. The van der Waals surface area contributed by atoms with Crippen molar-refractivity contribution in [1.29, 1.82) is 0 Å². The van der Waals surface area contributed by atoms with Gasteiger partial charge >= 0.3 is 12.1 Å². The molecule has 0 aliphatic carbocycles. The number of halogens is 1. The number of ether oxygens (including phenoxy) is 2. The lowest BCUT2D eigenvalue weighted by Crippen LogP contribution is -2.50. The summed E-state index contributed by atoms with van der Waals surface area (Å²) in [5.41, 5.74) is 0.932. The number of esters is 1. The van der Waals surface area contributed by atoms with Crippen LogP contribution in [0.4, 0.5) is 4.79 Å². The zero-order valence-electron chi connectivity index (χ0n) is 12.4. The first-order chi connectivity index (χ1) is 10.2. The zero-order chi connectivity index (χ0) is 15.1. The molecule has 1 amide bonds. The Bertz CT molecular complexity index is 484. The number of rotatable bonds is 4. The highest BCUT2D eigenvalue weighted by Gasteiger charge is 2.28. The Morgan fingerprint density at radius 2 is 2.00 bits per heavy atom. The van der Waals surface area contributed by atoms with Gasteiger partial charge in [0.05, 0.1) is 13.0 Å². The van der Waals surface area contributed by atoms with E-state index in [4.69, 9.17) is 9.47 Å². The molecule has 1 aliphatic heterocycles. The highest BCUT2D eigenvalue weighted by molar-refractivity contribution is 5.85. The second-order valence-corrected chi connectivity index (χ2v) is 5.02. The smallest absolute Gasteiger partial charge is 0.407 e. The SMILES string of the molecule is COC(=O)[C@@H]1CNC[C@@H](NC(=O)OCc2ccccc2)C1.Cl. The van der Waals surface area contributed by atoms with Crippen molar-refractivity contribution in [2.45, 2.75) is 19.1 Å². The first-order valence-electron chi connectivity index (χ1n) is 6.95. The van der Waals surface area contributed by atoms with Crippen molar-refractivity contribution >= 4 is 24.5 Å². The van der Waals surface area contributed by atoms with Crippen LogP contribution in [0.5, 0.6) is 0 Å². The van der Waals surface area contributed by atoms with Crippen LogP contribution >= 0.6 is 12.4 Å². The molecule has 1 aromatic rings. The lowest BCUT2D eigenvalue weighted by molar-refractivity contribution is -0.146. The Morgan fingerprint density at radius 1 is 1.27 bits per heavy atom. The lowest BCUT2D eigenvalue weighted by atomic mass is 9.96. The van der Waals surface area contributed by atoms with Crippen LogP contribution in [-0.4, -0.2) is 38.3 Å². The van der Waals surface area contributed by atoms with Crippen molar-refractivity contribution in [3.63, 3.8) is 0 Å². The molecule has 1 aliphatic rings. The molecule has 0 saturated carbocycles. The molecule has 6 nitrogen and oxygen atoms in total. The van der Waals surface area contributed by atoms with E-state index in [2.05, 4.69) is 10.6 Å². The molecule has 1 fully saturated rings. The molecule has 0 bridgehead atoms. The summed E-state index contributed by atoms with van der Waals surface area (Å²) in [6.07, 6.45) is 0.0799.